The second-order valence-corrected chi connectivity index (χ2v) is 5.15. The molecule has 2 heterocycles. The van der Waals surface area contributed by atoms with E-state index in [1.54, 1.807) is 0 Å². The third-order valence-corrected chi connectivity index (χ3v) is 3.50. The average molecular weight is 279 g/mol. The summed E-state index contributed by atoms with van der Waals surface area (Å²) in [5, 5.41) is 22.7. The van der Waals surface area contributed by atoms with E-state index in [-0.39, 0.29) is 23.1 Å². The average Bonchev–Trinajstić information content (AvgIpc) is 2.76. The van der Waals surface area contributed by atoms with Crippen molar-refractivity contribution in [2.75, 3.05) is 11.4 Å². The van der Waals surface area contributed by atoms with E-state index < -0.39 is 4.92 Å². The number of anilines is 1. The topological polar surface area (TPSA) is 118 Å². The van der Waals surface area contributed by atoms with Crippen LogP contribution in [-0.2, 0) is 0 Å². The van der Waals surface area contributed by atoms with Gasteiger partial charge in [-0.1, -0.05) is 12.1 Å². The van der Waals surface area contributed by atoms with E-state index in [4.69, 9.17) is 10.9 Å². The second kappa shape index (κ2) is 5.32. The molecule has 0 bridgehead atoms. The lowest BCUT2D eigenvalue weighted by atomic mass is 10.1. The first-order valence-corrected chi connectivity index (χ1v) is 6.33. The predicted molar refractivity (Wildman–Crippen MR) is 74.0 cm³/mol. The van der Waals surface area contributed by atoms with Crippen LogP contribution in [0.2, 0.25) is 0 Å². The molecule has 8 heteroatoms. The van der Waals surface area contributed by atoms with E-state index in [2.05, 4.69) is 17.1 Å². The molecule has 108 valence electrons. The fourth-order valence-electron chi connectivity index (χ4n) is 2.59. The Hall–Kier alpha value is -2.38. The van der Waals surface area contributed by atoms with Gasteiger partial charge in [-0.25, -0.2) is 4.98 Å². The minimum Gasteiger partial charge on any atom is -0.409 e. The van der Waals surface area contributed by atoms with E-state index in [0.717, 1.165) is 13.0 Å². The highest BCUT2D eigenvalue weighted by atomic mass is 16.6. The van der Waals surface area contributed by atoms with Crippen LogP contribution >= 0.6 is 0 Å². The highest BCUT2D eigenvalue weighted by Crippen LogP contribution is 2.33. The van der Waals surface area contributed by atoms with Gasteiger partial charge in [-0.05, 0) is 19.3 Å². The van der Waals surface area contributed by atoms with Gasteiger partial charge in [-0.2, -0.15) is 0 Å². The Morgan fingerprint density at radius 1 is 1.65 bits per heavy atom. The van der Waals surface area contributed by atoms with Crippen molar-refractivity contribution in [1.82, 2.24) is 4.98 Å². The van der Waals surface area contributed by atoms with Crippen molar-refractivity contribution in [2.45, 2.75) is 26.3 Å². The lowest BCUT2D eigenvalue weighted by Crippen LogP contribution is -2.28. The van der Waals surface area contributed by atoms with Crippen LogP contribution in [0.4, 0.5) is 11.5 Å². The maximum absolute atomic E-state index is 11.2. The quantitative estimate of drug-likeness (QED) is 0.283. The van der Waals surface area contributed by atoms with Crippen molar-refractivity contribution in [2.24, 2.45) is 16.8 Å². The molecule has 0 spiro atoms. The lowest BCUT2D eigenvalue weighted by molar-refractivity contribution is -0.384. The van der Waals surface area contributed by atoms with Crippen LogP contribution in [0.5, 0.6) is 0 Å². The molecule has 1 aromatic heterocycles. The fraction of sp³-hybridized carbons (Fsp3) is 0.500. The molecular weight excluding hydrogens is 262 g/mol. The number of hydrogen-bond acceptors (Lipinski definition) is 6. The predicted octanol–water partition coefficient (Wildman–Crippen LogP) is 1.32. The van der Waals surface area contributed by atoms with E-state index in [1.807, 2.05) is 11.8 Å². The van der Waals surface area contributed by atoms with Gasteiger partial charge in [-0.3, -0.25) is 10.1 Å². The van der Waals surface area contributed by atoms with Crippen LogP contribution in [0.3, 0.4) is 0 Å². The number of hydrogen-bond donors (Lipinski definition) is 2. The number of aromatic nitrogens is 1. The maximum Gasteiger partial charge on any atom is 0.312 e. The van der Waals surface area contributed by atoms with Crippen molar-refractivity contribution in [1.29, 1.82) is 0 Å². The zero-order valence-corrected chi connectivity index (χ0v) is 11.4. The zero-order valence-electron chi connectivity index (χ0n) is 11.4. The Morgan fingerprint density at radius 3 is 2.85 bits per heavy atom. The van der Waals surface area contributed by atoms with Gasteiger partial charge in [0.15, 0.2) is 5.84 Å². The van der Waals surface area contributed by atoms with Crippen molar-refractivity contribution in [3.8, 4) is 0 Å². The molecular formula is C12H17N5O3. The summed E-state index contributed by atoms with van der Waals surface area (Å²) in [5.74, 6) is 0.603. The van der Waals surface area contributed by atoms with Gasteiger partial charge in [0.1, 0.15) is 0 Å². The SMILES string of the molecule is CC1CC(C)N(c2ncc(C(N)=NO)cc2[N+](=O)[O-])C1. The molecule has 0 aliphatic carbocycles. The van der Waals surface area contributed by atoms with Gasteiger partial charge in [0.05, 0.1) is 4.92 Å². The van der Waals surface area contributed by atoms with Crippen molar-refractivity contribution < 1.29 is 10.1 Å². The van der Waals surface area contributed by atoms with Crippen LogP contribution in [0.25, 0.3) is 0 Å². The molecule has 20 heavy (non-hydrogen) atoms. The smallest absolute Gasteiger partial charge is 0.312 e. The molecule has 1 aromatic rings. The summed E-state index contributed by atoms with van der Waals surface area (Å²) in [4.78, 5) is 16.8. The van der Waals surface area contributed by atoms with E-state index >= 15 is 0 Å². The molecule has 3 N–H and O–H groups in total. The number of pyridine rings is 1. The minimum atomic E-state index is -0.494. The first-order chi connectivity index (χ1) is 9.43. The highest BCUT2D eigenvalue weighted by Gasteiger charge is 2.32. The standard InChI is InChI=1S/C12H17N5O3/c1-7-3-8(2)16(6-7)12-10(17(19)20)4-9(5-14-12)11(13)15-18/h4-5,7-8,18H,3,6H2,1-2H3,(H2,13,15). The van der Waals surface area contributed by atoms with Crippen LogP contribution in [0.1, 0.15) is 25.8 Å². The minimum absolute atomic E-state index is 0.130. The number of amidine groups is 1. The van der Waals surface area contributed by atoms with Gasteiger partial charge < -0.3 is 15.8 Å². The monoisotopic (exact) mass is 279 g/mol. The Bertz CT molecular complexity index is 560. The first kappa shape index (κ1) is 14.0. The van der Waals surface area contributed by atoms with Crippen molar-refractivity contribution in [3.63, 3.8) is 0 Å². The summed E-state index contributed by atoms with van der Waals surface area (Å²) >= 11 is 0. The summed E-state index contributed by atoms with van der Waals surface area (Å²) in [5.41, 5.74) is 5.54. The summed E-state index contributed by atoms with van der Waals surface area (Å²) in [6.07, 6.45) is 2.36. The molecule has 0 aromatic carbocycles. The third-order valence-electron chi connectivity index (χ3n) is 3.50. The molecule has 0 radical (unpaired) electrons. The summed E-state index contributed by atoms with van der Waals surface area (Å²) < 4.78 is 0. The van der Waals surface area contributed by atoms with Crippen molar-refractivity contribution >= 4 is 17.3 Å². The molecule has 1 aliphatic rings. The molecule has 2 atom stereocenters. The van der Waals surface area contributed by atoms with E-state index in [1.165, 1.54) is 12.3 Å². The zero-order chi connectivity index (χ0) is 14.9. The highest BCUT2D eigenvalue weighted by molar-refractivity contribution is 5.97. The molecule has 1 aliphatic heterocycles. The summed E-state index contributed by atoms with van der Waals surface area (Å²) in [6, 6.07) is 1.48. The van der Waals surface area contributed by atoms with Gasteiger partial charge in [0.2, 0.25) is 5.82 Å². The maximum atomic E-state index is 11.2. The largest absolute Gasteiger partial charge is 0.409 e. The molecule has 1 fully saturated rings. The lowest BCUT2D eigenvalue weighted by Gasteiger charge is -2.22. The number of oxime groups is 1. The molecule has 0 saturated carbocycles. The van der Waals surface area contributed by atoms with E-state index in [0.29, 0.717) is 11.7 Å². The molecule has 2 unspecified atom stereocenters. The van der Waals surface area contributed by atoms with Gasteiger partial charge in [0.25, 0.3) is 0 Å². The molecule has 8 nitrogen and oxygen atoms in total. The van der Waals surface area contributed by atoms with Crippen LogP contribution in [-0.4, -0.2) is 33.5 Å². The first-order valence-electron chi connectivity index (χ1n) is 6.33. The second-order valence-electron chi connectivity index (χ2n) is 5.15. The Kier molecular flexibility index (Phi) is 3.73. The van der Waals surface area contributed by atoms with Crippen LogP contribution in [0.15, 0.2) is 17.4 Å². The third kappa shape index (κ3) is 2.49. The number of nitrogens with two attached hydrogens (primary N) is 1. The number of nitro groups is 1. The van der Waals surface area contributed by atoms with Gasteiger partial charge in [-0.15, -0.1) is 0 Å². The number of rotatable bonds is 3. The Labute approximate surface area is 116 Å². The van der Waals surface area contributed by atoms with Crippen molar-refractivity contribution in [3.05, 3.63) is 27.9 Å². The normalized spacial score (nSPS) is 23.1. The van der Waals surface area contributed by atoms with Gasteiger partial charge in [0, 0.05) is 30.4 Å². The van der Waals surface area contributed by atoms with Crippen LogP contribution < -0.4 is 10.6 Å². The molecule has 2 rings (SSSR count). The molecule has 0 amide bonds. The summed E-state index contributed by atoms with van der Waals surface area (Å²) in [7, 11) is 0. The van der Waals surface area contributed by atoms with Crippen LogP contribution in [0, 0.1) is 16.0 Å². The van der Waals surface area contributed by atoms with E-state index in [9.17, 15) is 10.1 Å². The number of nitrogens with zero attached hydrogens (tertiary/aromatic N) is 4. The Morgan fingerprint density at radius 2 is 2.35 bits per heavy atom. The fourth-order valence-corrected chi connectivity index (χ4v) is 2.59. The summed E-state index contributed by atoms with van der Waals surface area (Å²) in [6.45, 7) is 4.86. The Balaban J connectivity index is 2.46. The van der Waals surface area contributed by atoms with Gasteiger partial charge >= 0.3 is 5.69 Å². The molecule has 1 saturated heterocycles.